The molecule has 0 radical (unpaired) electrons. The molecule has 0 spiro atoms. The van der Waals surface area contributed by atoms with Gasteiger partial charge in [-0.2, -0.15) is 0 Å². The highest BCUT2D eigenvalue weighted by molar-refractivity contribution is 8.00. The summed E-state index contributed by atoms with van der Waals surface area (Å²) < 4.78 is 36.8. The highest BCUT2D eigenvalue weighted by atomic mass is 32.2. The second-order valence-corrected chi connectivity index (χ2v) is 6.49. The van der Waals surface area contributed by atoms with Gasteiger partial charge in [0.05, 0.1) is 18.0 Å². The van der Waals surface area contributed by atoms with Gasteiger partial charge < -0.3 is 14.8 Å². The summed E-state index contributed by atoms with van der Waals surface area (Å²) in [5.41, 5.74) is -0.187. The lowest BCUT2D eigenvalue weighted by atomic mass is 10.2. The minimum Gasteiger partial charge on any atom is -0.494 e. The lowest BCUT2D eigenvalue weighted by Gasteiger charge is -2.14. The molecule has 1 atom stereocenters. The third-order valence-electron chi connectivity index (χ3n) is 3.36. The normalized spacial score (nSPS) is 11.6. The first-order chi connectivity index (χ1) is 12.9. The highest BCUT2D eigenvalue weighted by Gasteiger charge is 2.19. The number of benzene rings is 2. The van der Waals surface area contributed by atoms with Crippen molar-refractivity contribution in [2.24, 2.45) is 0 Å². The zero-order valence-electron chi connectivity index (χ0n) is 14.8. The molecule has 0 aliphatic heterocycles. The van der Waals surface area contributed by atoms with E-state index in [2.05, 4.69) is 5.32 Å². The van der Waals surface area contributed by atoms with E-state index in [0.717, 1.165) is 22.8 Å². The van der Waals surface area contributed by atoms with Crippen LogP contribution in [-0.4, -0.2) is 30.3 Å². The van der Waals surface area contributed by atoms with E-state index in [0.29, 0.717) is 12.7 Å². The summed E-state index contributed by atoms with van der Waals surface area (Å²) in [6.45, 7) is 3.83. The Morgan fingerprint density at radius 1 is 1.15 bits per heavy atom. The maximum Gasteiger partial charge on any atom is 0.317 e. The van der Waals surface area contributed by atoms with E-state index < -0.39 is 29.6 Å². The first kappa shape index (κ1) is 20.7. The molecule has 0 aromatic heterocycles. The standard InChI is InChI=1S/C19H19F2NO4S/c1-3-25-14-5-7-15(8-6-14)27-11-18(23)26-12(2)19(24)22-17-9-4-13(20)10-16(17)21/h4-10,12H,3,11H2,1-2H3,(H,22,24)/t12-/m1/s1. The molecule has 1 N–H and O–H groups in total. The number of halogens is 2. The Kier molecular flexibility index (Phi) is 7.60. The molecule has 0 fully saturated rings. The third kappa shape index (κ3) is 6.56. The lowest BCUT2D eigenvalue weighted by Crippen LogP contribution is -2.30. The van der Waals surface area contributed by atoms with E-state index >= 15 is 0 Å². The number of carbonyl (C=O) groups is 2. The number of carbonyl (C=O) groups excluding carboxylic acids is 2. The van der Waals surface area contributed by atoms with Gasteiger partial charge in [-0.1, -0.05) is 0 Å². The van der Waals surface area contributed by atoms with E-state index in [9.17, 15) is 18.4 Å². The Morgan fingerprint density at radius 2 is 1.85 bits per heavy atom. The molecule has 5 nitrogen and oxygen atoms in total. The minimum atomic E-state index is -1.12. The third-order valence-corrected chi connectivity index (χ3v) is 4.34. The minimum absolute atomic E-state index is 0.0104. The fraction of sp³-hybridized carbons (Fsp3) is 0.263. The van der Waals surface area contributed by atoms with Crippen molar-refractivity contribution in [2.45, 2.75) is 24.8 Å². The van der Waals surface area contributed by atoms with Crippen LogP contribution in [0.25, 0.3) is 0 Å². The number of esters is 1. The molecular weight excluding hydrogens is 376 g/mol. The van der Waals surface area contributed by atoms with E-state index in [4.69, 9.17) is 9.47 Å². The van der Waals surface area contributed by atoms with Crippen LogP contribution in [0.3, 0.4) is 0 Å². The quantitative estimate of drug-likeness (QED) is 0.540. The van der Waals surface area contributed by atoms with Crippen molar-refractivity contribution in [3.63, 3.8) is 0 Å². The number of ether oxygens (including phenoxy) is 2. The summed E-state index contributed by atoms with van der Waals surface area (Å²) in [5.74, 6) is -2.21. The molecule has 2 aromatic rings. The number of thioether (sulfide) groups is 1. The smallest absolute Gasteiger partial charge is 0.317 e. The van der Waals surface area contributed by atoms with Gasteiger partial charge in [-0.3, -0.25) is 9.59 Å². The number of hydrogen-bond donors (Lipinski definition) is 1. The largest absolute Gasteiger partial charge is 0.494 e. The predicted molar refractivity (Wildman–Crippen MR) is 98.9 cm³/mol. The van der Waals surface area contributed by atoms with Crippen molar-refractivity contribution in [3.8, 4) is 5.75 Å². The molecule has 0 unspecified atom stereocenters. The van der Waals surface area contributed by atoms with Crippen LogP contribution < -0.4 is 10.1 Å². The maximum absolute atomic E-state index is 13.5. The molecule has 0 aliphatic rings. The van der Waals surface area contributed by atoms with Crippen molar-refractivity contribution >= 4 is 29.3 Å². The fourth-order valence-electron chi connectivity index (χ4n) is 2.05. The zero-order valence-corrected chi connectivity index (χ0v) is 15.6. The molecule has 0 bridgehead atoms. The van der Waals surface area contributed by atoms with E-state index in [1.807, 2.05) is 19.1 Å². The van der Waals surface area contributed by atoms with Gasteiger partial charge in [-0.05, 0) is 50.2 Å². The van der Waals surface area contributed by atoms with Gasteiger partial charge in [0.15, 0.2) is 6.10 Å². The molecule has 144 valence electrons. The average Bonchev–Trinajstić information content (AvgIpc) is 2.63. The van der Waals surface area contributed by atoms with Crippen molar-refractivity contribution in [3.05, 3.63) is 54.1 Å². The van der Waals surface area contributed by atoms with Crippen LogP contribution >= 0.6 is 11.8 Å². The van der Waals surface area contributed by atoms with E-state index in [-0.39, 0.29) is 11.4 Å². The van der Waals surface area contributed by atoms with Crippen molar-refractivity contribution < 1.29 is 27.8 Å². The van der Waals surface area contributed by atoms with Gasteiger partial charge in [0.25, 0.3) is 5.91 Å². The summed E-state index contributed by atoms with van der Waals surface area (Å²) in [4.78, 5) is 24.7. The van der Waals surface area contributed by atoms with Gasteiger partial charge in [-0.25, -0.2) is 8.78 Å². The Balaban J connectivity index is 1.81. The molecule has 0 aliphatic carbocycles. The van der Waals surface area contributed by atoms with Crippen LogP contribution in [0, 0.1) is 11.6 Å². The Bertz CT molecular complexity index is 799. The number of amides is 1. The topological polar surface area (TPSA) is 64.6 Å². The van der Waals surface area contributed by atoms with Crippen molar-refractivity contribution in [2.75, 3.05) is 17.7 Å². The molecule has 2 aromatic carbocycles. The average molecular weight is 395 g/mol. The first-order valence-corrected chi connectivity index (χ1v) is 9.18. The van der Waals surface area contributed by atoms with Gasteiger partial charge in [0, 0.05) is 11.0 Å². The molecule has 1 amide bonds. The van der Waals surface area contributed by atoms with Crippen molar-refractivity contribution in [1.29, 1.82) is 0 Å². The first-order valence-electron chi connectivity index (χ1n) is 8.20. The van der Waals surface area contributed by atoms with Gasteiger partial charge in [0.1, 0.15) is 17.4 Å². The van der Waals surface area contributed by atoms with Gasteiger partial charge >= 0.3 is 5.97 Å². The zero-order chi connectivity index (χ0) is 19.8. The highest BCUT2D eigenvalue weighted by Crippen LogP contribution is 2.22. The maximum atomic E-state index is 13.5. The Morgan fingerprint density at radius 3 is 2.48 bits per heavy atom. The van der Waals surface area contributed by atoms with Crippen molar-refractivity contribution in [1.82, 2.24) is 0 Å². The second kappa shape index (κ2) is 9.91. The molecular formula is C19H19F2NO4S. The second-order valence-electron chi connectivity index (χ2n) is 5.44. The van der Waals surface area contributed by atoms with E-state index in [1.54, 1.807) is 12.1 Å². The molecule has 8 heteroatoms. The number of anilines is 1. The Hall–Kier alpha value is -2.61. The van der Waals surface area contributed by atoms with Crippen LogP contribution in [-0.2, 0) is 14.3 Å². The van der Waals surface area contributed by atoms with Crippen LogP contribution in [0.15, 0.2) is 47.4 Å². The lowest BCUT2D eigenvalue weighted by molar-refractivity contribution is -0.150. The van der Waals surface area contributed by atoms with Crippen LogP contribution in [0.1, 0.15) is 13.8 Å². The van der Waals surface area contributed by atoms with Crippen LogP contribution in [0.5, 0.6) is 5.75 Å². The summed E-state index contributed by atoms with van der Waals surface area (Å²) in [6, 6.07) is 9.99. The van der Waals surface area contributed by atoms with Crippen LogP contribution in [0.4, 0.5) is 14.5 Å². The molecule has 27 heavy (non-hydrogen) atoms. The predicted octanol–water partition coefficient (Wildman–Crippen LogP) is 4.03. The Labute approximate surface area is 160 Å². The molecule has 0 heterocycles. The summed E-state index contributed by atoms with van der Waals surface area (Å²) in [7, 11) is 0. The molecule has 2 rings (SSSR count). The number of nitrogens with one attached hydrogen (secondary N) is 1. The monoisotopic (exact) mass is 395 g/mol. The molecule has 0 saturated carbocycles. The summed E-state index contributed by atoms with van der Waals surface area (Å²) in [5, 5.41) is 2.26. The summed E-state index contributed by atoms with van der Waals surface area (Å²) >= 11 is 1.25. The number of rotatable bonds is 8. The summed E-state index contributed by atoms with van der Waals surface area (Å²) in [6.07, 6.45) is -1.12. The fourth-order valence-corrected chi connectivity index (χ4v) is 2.73. The number of hydrogen-bond acceptors (Lipinski definition) is 5. The van der Waals surface area contributed by atoms with E-state index in [1.165, 1.54) is 18.7 Å². The van der Waals surface area contributed by atoms with Gasteiger partial charge in [-0.15, -0.1) is 11.8 Å². The SMILES string of the molecule is CCOc1ccc(SCC(=O)O[C@H](C)C(=O)Nc2ccc(F)cc2F)cc1. The van der Waals surface area contributed by atoms with Gasteiger partial charge in [0.2, 0.25) is 0 Å². The van der Waals surface area contributed by atoms with Crippen LogP contribution in [0.2, 0.25) is 0 Å². The molecule has 0 saturated heterocycles.